The number of aldehydes is 1. The molecule has 0 aromatic heterocycles. The number of rotatable bonds is 10. The van der Waals surface area contributed by atoms with Crippen molar-refractivity contribution in [3.05, 3.63) is 0 Å². The standard InChI is InChI=1S/C27H42O4.C12H24O2.C3H6O/c1-15-7-10-27(30-14-15)16(2)24-22(31-27)12-21-19-6-5-17-11-18(28)8-9-25(17,3)20(19)13-23(29)26(21,24)4;1-3-5-7-9-11-14-12(13)10-8-6-4-2;1-2-3-4/h15-22,24,28H,5-14H2,1-4H3;3-11H2,1-2H3;3H,2H2,1H3/t15-,16+,17+,18+,19-,20+,21+,22+,24+,25+,26-,27-;;/m1../s1. The molecule has 0 unspecified atom stereocenters. The third-order valence-corrected chi connectivity index (χ3v) is 14.2. The van der Waals surface area contributed by atoms with Crippen LogP contribution in [0.1, 0.15) is 164 Å². The van der Waals surface area contributed by atoms with Crippen molar-refractivity contribution in [2.24, 2.45) is 52.3 Å². The van der Waals surface area contributed by atoms with E-state index in [0.29, 0.717) is 60.7 Å². The third-order valence-electron chi connectivity index (χ3n) is 14.2. The number of ether oxygens (including phenoxy) is 3. The molecule has 7 heteroatoms. The van der Waals surface area contributed by atoms with E-state index in [9.17, 15) is 19.5 Å². The Morgan fingerprint density at radius 3 is 2.31 bits per heavy atom. The lowest BCUT2D eigenvalue weighted by molar-refractivity contribution is -0.272. The molecule has 282 valence electrons. The van der Waals surface area contributed by atoms with E-state index < -0.39 is 5.79 Å². The first-order chi connectivity index (χ1) is 23.4. The molecule has 49 heavy (non-hydrogen) atoms. The van der Waals surface area contributed by atoms with E-state index >= 15 is 0 Å². The van der Waals surface area contributed by atoms with Crippen molar-refractivity contribution >= 4 is 18.0 Å². The van der Waals surface area contributed by atoms with E-state index in [-0.39, 0.29) is 34.9 Å². The quantitative estimate of drug-likeness (QED) is 0.139. The van der Waals surface area contributed by atoms with Gasteiger partial charge in [-0.05, 0) is 92.8 Å². The molecule has 0 aromatic rings. The van der Waals surface area contributed by atoms with Crippen LogP contribution in [0, 0.1) is 52.3 Å². The predicted molar refractivity (Wildman–Crippen MR) is 194 cm³/mol. The molecule has 4 aliphatic carbocycles. The van der Waals surface area contributed by atoms with Gasteiger partial charge in [0.1, 0.15) is 12.1 Å². The summed E-state index contributed by atoms with van der Waals surface area (Å²) < 4.78 is 18.3. The molecule has 0 bridgehead atoms. The minimum atomic E-state index is -0.448. The van der Waals surface area contributed by atoms with Gasteiger partial charge in [-0.1, -0.05) is 80.6 Å². The summed E-state index contributed by atoms with van der Waals surface area (Å²) in [7, 11) is 0. The smallest absolute Gasteiger partial charge is 0.305 e. The van der Waals surface area contributed by atoms with Crippen LogP contribution in [-0.4, -0.2) is 54.4 Å². The number of aliphatic hydroxyl groups is 1. The Morgan fingerprint density at radius 2 is 1.65 bits per heavy atom. The average Bonchev–Trinajstić information content (AvgIpc) is 3.54. The first kappa shape index (κ1) is 40.5. The maximum absolute atomic E-state index is 14.0. The molecule has 4 saturated carbocycles. The SMILES string of the molecule is CCC=O.CCCCCCOC(=O)CCCCC.C[C@@H]1CC[C@@]2(OC1)O[C@H]1C[C@H]3[C@@H]4CC[C@H]5C[C@@H](O)CC[C@]5(C)[C@H]4CC(=O)[C@]3(C)[C@H]1[C@@H]2C. The van der Waals surface area contributed by atoms with Gasteiger partial charge in [0.15, 0.2) is 5.79 Å². The number of hydrogen-bond donors (Lipinski definition) is 1. The van der Waals surface area contributed by atoms with Crippen LogP contribution >= 0.6 is 0 Å². The molecular formula is C42H72O7. The fraction of sp³-hybridized carbons (Fsp3) is 0.929. The lowest BCUT2D eigenvalue weighted by atomic mass is 9.44. The number of unbranched alkanes of at least 4 members (excludes halogenated alkanes) is 5. The fourth-order valence-corrected chi connectivity index (χ4v) is 11.2. The van der Waals surface area contributed by atoms with Crippen LogP contribution in [0.5, 0.6) is 0 Å². The van der Waals surface area contributed by atoms with Crippen molar-refractivity contribution in [2.45, 2.75) is 182 Å². The molecule has 2 aliphatic heterocycles. The van der Waals surface area contributed by atoms with Crippen LogP contribution in [0.2, 0.25) is 0 Å². The van der Waals surface area contributed by atoms with Gasteiger partial charge in [-0.25, -0.2) is 0 Å². The van der Waals surface area contributed by atoms with Crippen molar-refractivity contribution in [3.63, 3.8) is 0 Å². The summed E-state index contributed by atoms with van der Waals surface area (Å²) in [4.78, 5) is 34.3. The second-order valence-electron chi connectivity index (χ2n) is 17.3. The molecule has 6 aliphatic rings. The highest BCUT2D eigenvalue weighted by Crippen LogP contribution is 2.70. The highest BCUT2D eigenvalue weighted by Gasteiger charge is 2.71. The number of fused-ring (bicyclic) bond motifs is 7. The average molecular weight is 689 g/mol. The highest BCUT2D eigenvalue weighted by molar-refractivity contribution is 5.87. The van der Waals surface area contributed by atoms with Gasteiger partial charge in [-0.2, -0.15) is 0 Å². The number of esters is 1. The zero-order valence-electron chi connectivity index (χ0n) is 32.3. The van der Waals surface area contributed by atoms with E-state index in [1.54, 1.807) is 0 Å². The van der Waals surface area contributed by atoms with Crippen molar-refractivity contribution < 1.29 is 33.7 Å². The van der Waals surface area contributed by atoms with E-state index in [1.807, 2.05) is 6.92 Å². The summed E-state index contributed by atoms with van der Waals surface area (Å²) in [6, 6.07) is 0. The second-order valence-corrected chi connectivity index (χ2v) is 17.3. The first-order valence-electron chi connectivity index (χ1n) is 20.5. The second kappa shape index (κ2) is 17.9. The number of carbonyl (C=O) groups excluding carboxylic acids is 3. The Bertz CT molecular complexity index is 1070. The molecule has 7 nitrogen and oxygen atoms in total. The largest absolute Gasteiger partial charge is 0.466 e. The molecule has 0 radical (unpaired) electrons. The summed E-state index contributed by atoms with van der Waals surface area (Å²) in [5, 5.41) is 10.3. The van der Waals surface area contributed by atoms with Crippen molar-refractivity contribution in [1.29, 1.82) is 0 Å². The Balaban J connectivity index is 0.000000254. The number of hydrogen-bond acceptors (Lipinski definition) is 7. The van der Waals surface area contributed by atoms with Crippen molar-refractivity contribution in [2.75, 3.05) is 13.2 Å². The van der Waals surface area contributed by atoms with Gasteiger partial charge < -0.3 is 24.1 Å². The van der Waals surface area contributed by atoms with E-state index in [4.69, 9.17) is 14.2 Å². The van der Waals surface area contributed by atoms with Gasteiger partial charge in [0, 0.05) is 42.9 Å². The third kappa shape index (κ3) is 8.67. The normalized spacial score (nSPS) is 42.0. The number of carbonyl (C=O) groups is 3. The lowest BCUT2D eigenvalue weighted by Gasteiger charge is -2.60. The fourth-order valence-electron chi connectivity index (χ4n) is 11.2. The number of Topliss-reactive ketones (excluding diaryl/α,β-unsaturated/α-hetero) is 1. The molecule has 1 N–H and O–H groups in total. The van der Waals surface area contributed by atoms with Gasteiger partial charge in [-0.15, -0.1) is 0 Å². The molecule has 0 amide bonds. The zero-order chi connectivity index (χ0) is 35.8. The minimum absolute atomic E-state index is 0.0186. The Kier molecular flexibility index (Phi) is 14.8. The summed E-state index contributed by atoms with van der Waals surface area (Å²) in [6.45, 7) is 16.9. The van der Waals surface area contributed by atoms with Crippen LogP contribution in [0.3, 0.4) is 0 Å². The van der Waals surface area contributed by atoms with Crippen LogP contribution in [-0.2, 0) is 28.6 Å². The molecule has 12 atom stereocenters. The van der Waals surface area contributed by atoms with Crippen molar-refractivity contribution in [1.82, 2.24) is 0 Å². The van der Waals surface area contributed by atoms with Crippen LogP contribution < -0.4 is 0 Å². The van der Waals surface area contributed by atoms with E-state index in [1.165, 1.54) is 32.1 Å². The molecular weight excluding hydrogens is 616 g/mol. The Hall–Kier alpha value is -1.31. The highest BCUT2D eigenvalue weighted by atomic mass is 16.7. The first-order valence-corrected chi connectivity index (χ1v) is 20.5. The topological polar surface area (TPSA) is 99.1 Å². The molecule has 0 aromatic carbocycles. The zero-order valence-corrected chi connectivity index (χ0v) is 32.3. The maximum atomic E-state index is 14.0. The van der Waals surface area contributed by atoms with Gasteiger partial charge in [0.2, 0.25) is 0 Å². The maximum Gasteiger partial charge on any atom is 0.305 e. The van der Waals surface area contributed by atoms with Crippen LogP contribution in [0.15, 0.2) is 0 Å². The van der Waals surface area contributed by atoms with E-state index in [0.717, 1.165) is 83.5 Å². The van der Waals surface area contributed by atoms with E-state index in [2.05, 4.69) is 41.5 Å². The van der Waals surface area contributed by atoms with Gasteiger partial charge in [-0.3, -0.25) is 9.59 Å². The van der Waals surface area contributed by atoms with Crippen LogP contribution in [0.25, 0.3) is 0 Å². The lowest BCUT2D eigenvalue weighted by Crippen LogP contribution is -2.58. The van der Waals surface area contributed by atoms with Gasteiger partial charge in [0.05, 0.1) is 25.4 Å². The Labute approximate surface area is 298 Å². The number of ketones is 1. The minimum Gasteiger partial charge on any atom is -0.466 e. The predicted octanol–water partition coefficient (Wildman–Crippen LogP) is 9.26. The molecule has 2 saturated heterocycles. The van der Waals surface area contributed by atoms with Gasteiger partial charge >= 0.3 is 5.97 Å². The summed E-state index contributed by atoms with van der Waals surface area (Å²) >= 11 is 0. The summed E-state index contributed by atoms with van der Waals surface area (Å²) in [6.07, 6.45) is 19.4. The monoisotopic (exact) mass is 689 g/mol. The summed E-state index contributed by atoms with van der Waals surface area (Å²) in [5.74, 6) is 3.43. The molecule has 2 heterocycles. The molecule has 6 fully saturated rings. The van der Waals surface area contributed by atoms with Crippen LogP contribution in [0.4, 0.5) is 0 Å². The summed E-state index contributed by atoms with van der Waals surface area (Å²) in [5.41, 5.74) is -0.0221. The van der Waals surface area contributed by atoms with Crippen molar-refractivity contribution in [3.8, 4) is 0 Å². The molecule has 1 spiro atoms. The number of aliphatic hydroxyl groups excluding tert-OH is 1. The Morgan fingerprint density at radius 1 is 0.939 bits per heavy atom. The molecule has 6 rings (SSSR count). The van der Waals surface area contributed by atoms with Gasteiger partial charge in [0.25, 0.3) is 0 Å².